The monoisotopic (exact) mass is 296 g/mol. The van der Waals surface area contributed by atoms with Crippen LogP contribution < -0.4 is 0 Å². The minimum Gasteiger partial charge on any atom is -0.357 e. The third-order valence-electron chi connectivity index (χ3n) is 6.24. The van der Waals surface area contributed by atoms with E-state index >= 15 is 0 Å². The fraction of sp³-hybridized carbons (Fsp3) is 0.600. The molecule has 1 N–H and O–H groups in total. The molecule has 0 saturated carbocycles. The van der Waals surface area contributed by atoms with E-state index in [9.17, 15) is 0 Å². The maximum atomic E-state index is 3.84. The van der Waals surface area contributed by atoms with Gasteiger partial charge in [-0.15, -0.1) is 0 Å². The first-order valence-electron chi connectivity index (χ1n) is 9.10. The lowest BCUT2D eigenvalue weighted by atomic mass is 9.72. The molecule has 1 aromatic heterocycles. The van der Waals surface area contributed by atoms with Gasteiger partial charge >= 0.3 is 0 Å². The van der Waals surface area contributed by atoms with E-state index in [0.29, 0.717) is 0 Å². The number of hydrogen-bond donors (Lipinski definition) is 1. The molecule has 1 saturated heterocycles. The van der Waals surface area contributed by atoms with Crippen molar-refractivity contribution in [3.8, 4) is 0 Å². The van der Waals surface area contributed by atoms with Crippen molar-refractivity contribution in [1.82, 2.24) is 9.88 Å². The first kappa shape index (κ1) is 14.3. The predicted molar refractivity (Wildman–Crippen MR) is 93.2 cm³/mol. The molecule has 3 heterocycles. The van der Waals surface area contributed by atoms with Crippen molar-refractivity contribution in [2.45, 2.75) is 57.9 Å². The molecule has 0 amide bonds. The van der Waals surface area contributed by atoms with Crippen molar-refractivity contribution in [2.75, 3.05) is 13.1 Å². The van der Waals surface area contributed by atoms with E-state index in [1.807, 2.05) is 0 Å². The highest BCUT2D eigenvalue weighted by Gasteiger charge is 2.46. The average molecular weight is 296 g/mol. The molecule has 2 heteroatoms. The normalized spacial score (nSPS) is 29.1. The molecule has 0 radical (unpaired) electrons. The SMILES string of the molecule is CCC[C@H]1CCCN2CCCc3c([nH]c4ccccc34)[C@@]12C. The lowest BCUT2D eigenvalue weighted by molar-refractivity contribution is -0.000470. The van der Waals surface area contributed by atoms with E-state index in [0.717, 1.165) is 5.92 Å². The number of nitrogens with one attached hydrogen (secondary N) is 1. The molecule has 2 atom stereocenters. The number of aryl methyl sites for hydroxylation is 1. The molecule has 0 unspecified atom stereocenters. The first-order valence-corrected chi connectivity index (χ1v) is 9.10. The molecule has 1 aromatic carbocycles. The highest BCUT2D eigenvalue weighted by atomic mass is 15.2. The molecule has 0 bridgehead atoms. The second-order valence-corrected chi connectivity index (χ2v) is 7.39. The number of aromatic amines is 1. The Hall–Kier alpha value is -1.28. The number of para-hydroxylation sites is 1. The van der Waals surface area contributed by atoms with Crippen LogP contribution >= 0.6 is 0 Å². The zero-order valence-corrected chi connectivity index (χ0v) is 14.0. The number of H-pyrrole nitrogens is 1. The van der Waals surface area contributed by atoms with Crippen molar-refractivity contribution in [2.24, 2.45) is 5.92 Å². The van der Waals surface area contributed by atoms with E-state index < -0.39 is 0 Å². The number of hydrogen-bond acceptors (Lipinski definition) is 1. The highest BCUT2D eigenvalue weighted by molar-refractivity contribution is 5.85. The summed E-state index contributed by atoms with van der Waals surface area (Å²) in [5.74, 6) is 0.788. The van der Waals surface area contributed by atoms with Crippen molar-refractivity contribution in [3.05, 3.63) is 35.5 Å². The zero-order chi connectivity index (χ0) is 15.2. The molecule has 0 aliphatic carbocycles. The smallest absolute Gasteiger partial charge is 0.0614 e. The number of rotatable bonds is 2. The van der Waals surface area contributed by atoms with Gasteiger partial charge in [-0.25, -0.2) is 0 Å². The molecule has 2 aromatic rings. The molecule has 22 heavy (non-hydrogen) atoms. The summed E-state index contributed by atoms with van der Waals surface area (Å²) in [5, 5.41) is 1.46. The van der Waals surface area contributed by atoms with Gasteiger partial charge in [-0.3, -0.25) is 4.90 Å². The van der Waals surface area contributed by atoms with E-state index in [-0.39, 0.29) is 5.54 Å². The van der Waals surface area contributed by atoms with Crippen LogP contribution in [-0.4, -0.2) is 23.0 Å². The van der Waals surface area contributed by atoms with Gasteiger partial charge in [-0.1, -0.05) is 31.5 Å². The molecule has 4 rings (SSSR count). The molecule has 2 aliphatic heterocycles. The maximum Gasteiger partial charge on any atom is 0.0614 e. The molecule has 2 nitrogen and oxygen atoms in total. The van der Waals surface area contributed by atoms with Crippen LogP contribution in [0.25, 0.3) is 10.9 Å². The summed E-state index contributed by atoms with van der Waals surface area (Å²) in [5.41, 5.74) is 4.67. The van der Waals surface area contributed by atoms with Crippen molar-refractivity contribution in [3.63, 3.8) is 0 Å². The standard InChI is InChI=1S/C20H28N2/c1-3-8-15-9-6-13-22-14-7-11-17-16-10-4-5-12-18(16)21-19(17)20(15,22)2/h4-5,10,12,15,21H,3,6-9,11,13-14H2,1-2H3/t15-,20+/m0/s1. The maximum absolute atomic E-state index is 3.84. The van der Waals surface area contributed by atoms with E-state index in [4.69, 9.17) is 0 Å². The Bertz CT molecular complexity index is 669. The predicted octanol–water partition coefficient (Wildman–Crippen LogP) is 4.84. The quantitative estimate of drug-likeness (QED) is 0.840. The third-order valence-corrected chi connectivity index (χ3v) is 6.24. The van der Waals surface area contributed by atoms with Crippen molar-refractivity contribution >= 4 is 10.9 Å². The summed E-state index contributed by atoms with van der Waals surface area (Å²) in [6, 6.07) is 8.89. The fourth-order valence-corrected chi connectivity index (χ4v) is 5.12. The Morgan fingerprint density at radius 2 is 2.05 bits per heavy atom. The Balaban J connectivity index is 1.91. The Morgan fingerprint density at radius 1 is 1.23 bits per heavy atom. The zero-order valence-electron chi connectivity index (χ0n) is 14.0. The van der Waals surface area contributed by atoms with Crippen LogP contribution in [0.1, 0.15) is 57.2 Å². The number of aromatic nitrogens is 1. The largest absolute Gasteiger partial charge is 0.357 e. The first-order chi connectivity index (χ1) is 10.7. The summed E-state index contributed by atoms with van der Waals surface area (Å²) in [4.78, 5) is 6.63. The van der Waals surface area contributed by atoms with Gasteiger partial charge in [-0.2, -0.15) is 0 Å². The van der Waals surface area contributed by atoms with E-state index in [1.54, 1.807) is 5.56 Å². The van der Waals surface area contributed by atoms with Gasteiger partial charge in [0.25, 0.3) is 0 Å². The Morgan fingerprint density at radius 3 is 2.91 bits per heavy atom. The van der Waals surface area contributed by atoms with Crippen LogP contribution in [0.4, 0.5) is 0 Å². The van der Waals surface area contributed by atoms with Gasteiger partial charge in [0, 0.05) is 16.6 Å². The fourth-order valence-electron chi connectivity index (χ4n) is 5.12. The molecule has 1 fully saturated rings. The van der Waals surface area contributed by atoms with E-state index in [2.05, 4.69) is 48.0 Å². The minimum absolute atomic E-state index is 0.207. The van der Waals surface area contributed by atoms with Crippen LogP contribution in [0.15, 0.2) is 24.3 Å². The summed E-state index contributed by atoms with van der Waals surface area (Å²) < 4.78 is 0. The van der Waals surface area contributed by atoms with Gasteiger partial charge in [0.1, 0.15) is 0 Å². The van der Waals surface area contributed by atoms with Crippen molar-refractivity contribution in [1.29, 1.82) is 0 Å². The number of fused-ring (bicyclic) bond motifs is 5. The number of benzene rings is 1. The van der Waals surface area contributed by atoms with Crippen LogP contribution in [0, 0.1) is 5.92 Å². The van der Waals surface area contributed by atoms with E-state index in [1.165, 1.54) is 68.2 Å². The molecular weight excluding hydrogens is 268 g/mol. The van der Waals surface area contributed by atoms with Gasteiger partial charge < -0.3 is 4.98 Å². The van der Waals surface area contributed by atoms with Gasteiger partial charge in [0.2, 0.25) is 0 Å². The molecular formula is C20H28N2. The Kier molecular flexibility index (Phi) is 3.53. The highest BCUT2D eigenvalue weighted by Crippen LogP contribution is 2.47. The summed E-state index contributed by atoms with van der Waals surface area (Å²) >= 11 is 0. The average Bonchev–Trinajstić information content (AvgIpc) is 2.84. The second kappa shape index (κ2) is 5.42. The van der Waals surface area contributed by atoms with Crippen LogP contribution in [0.2, 0.25) is 0 Å². The molecule has 118 valence electrons. The van der Waals surface area contributed by atoms with Gasteiger partial charge in [-0.05, 0) is 69.7 Å². The third kappa shape index (κ3) is 1.96. The molecule has 2 aliphatic rings. The number of nitrogens with zero attached hydrogens (tertiary/aromatic N) is 1. The second-order valence-electron chi connectivity index (χ2n) is 7.39. The van der Waals surface area contributed by atoms with Gasteiger partial charge in [0.15, 0.2) is 0 Å². The van der Waals surface area contributed by atoms with Crippen LogP contribution in [-0.2, 0) is 12.0 Å². The minimum atomic E-state index is 0.207. The lowest BCUT2D eigenvalue weighted by Gasteiger charge is -2.49. The van der Waals surface area contributed by atoms with Crippen molar-refractivity contribution < 1.29 is 0 Å². The Labute approximate surface area is 133 Å². The lowest BCUT2D eigenvalue weighted by Crippen LogP contribution is -2.53. The van der Waals surface area contributed by atoms with Crippen LogP contribution in [0.3, 0.4) is 0 Å². The van der Waals surface area contributed by atoms with Crippen LogP contribution in [0.5, 0.6) is 0 Å². The molecule has 0 spiro atoms. The number of piperidine rings is 1. The summed E-state index contributed by atoms with van der Waals surface area (Å²) in [6.07, 6.45) is 7.92. The summed E-state index contributed by atoms with van der Waals surface area (Å²) in [6.45, 7) is 7.39. The topological polar surface area (TPSA) is 19.0 Å². The summed E-state index contributed by atoms with van der Waals surface area (Å²) in [7, 11) is 0. The van der Waals surface area contributed by atoms with Gasteiger partial charge in [0.05, 0.1) is 5.54 Å².